The van der Waals surface area contributed by atoms with Crippen molar-refractivity contribution in [1.29, 1.82) is 0 Å². The van der Waals surface area contributed by atoms with Gasteiger partial charge in [0.1, 0.15) is 5.75 Å². The Hall–Kier alpha value is -0.880. The van der Waals surface area contributed by atoms with Gasteiger partial charge >= 0.3 is 5.97 Å². The molecule has 0 aliphatic carbocycles. The molecule has 1 aromatic rings. The van der Waals surface area contributed by atoms with Crippen molar-refractivity contribution in [2.24, 2.45) is 0 Å². The molecule has 1 N–H and O–H groups in total. The summed E-state index contributed by atoms with van der Waals surface area (Å²) in [5.74, 6) is -0.923. The van der Waals surface area contributed by atoms with Gasteiger partial charge < -0.3 is 9.84 Å². The van der Waals surface area contributed by atoms with E-state index in [-0.39, 0.29) is 12.2 Å². The summed E-state index contributed by atoms with van der Waals surface area (Å²) in [4.78, 5) is 21.8. The monoisotopic (exact) mass is 364 g/mol. The van der Waals surface area contributed by atoms with Crippen molar-refractivity contribution in [3.05, 3.63) is 28.2 Å². The summed E-state index contributed by atoms with van der Waals surface area (Å²) in [5.41, 5.74) is 0.352. The summed E-state index contributed by atoms with van der Waals surface area (Å²) in [5, 5.41) is 8.64. The van der Waals surface area contributed by atoms with Crippen LogP contribution in [0.2, 0.25) is 0 Å². The molecular formula is C11H10Br2O4. The molecule has 17 heavy (non-hydrogen) atoms. The van der Waals surface area contributed by atoms with Crippen LogP contribution in [0.25, 0.3) is 0 Å². The SMILES string of the molecule is COc1ccc(Br)cc1C(=O)C(Br)CC(=O)O. The van der Waals surface area contributed by atoms with Crippen LogP contribution in [-0.4, -0.2) is 28.8 Å². The maximum absolute atomic E-state index is 12.0. The lowest BCUT2D eigenvalue weighted by molar-refractivity contribution is -0.136. The van der Waals surface area contributed by atoms with Gasteiger partial charge in [-0.25, -0.2) is 0 Å². The second-order valence-corrected chi connectivity index (χ2v) is 5.30. The molecule has 0 bridgehead atoms. The topological polar surface area (TPSA) is 63.6 Å². The lowest BCUT2D eigenvalue weighted by atomic mass is 10.1. The standard InChI is InChI=1S/C11H10Br2O4/c1-17-9-3-2-6(12)4-7(9)11(16)8(13)5-10(14)15/h2-4,8H,5H2,1H3,(H,14,15). The minimum absolute atomic E-state index is 0.269. The van der Waals surface area contributed by atoms with E-state index in [1.54, 1.807) is 18.2 Å². The lowest BCUT2D eigenvalue weighted by Gasteiger charge is -2.10. The van der Waals surface area contributed by atoms with Crippen molar-refractivity contribution in [2.45, 2.75) is 11.2 Å². The van der Waals surface area contributed by atoms with Crippen molar-refractivity contribution >= 4 is 43.6 Å². The van der Waals surface area contributed by atoms with E-state index in [0.29, 0.717) is 11.3 Å². The van der Waals surface area contributed by atoms with Crippen LogP contribution in [0.4, 0.5) is 0 Å². The molecule has 0 radical (unpaired) electrons. The van der Waals surface area contributed by atoms with Crippen molar-refractivity contribution in [3.8, 4) is 5.75 Å². The van der Waals surface area contributed by atoms with Gasteiger partial charge in [-0.3, -0.25) is 9.59 Å². The zero-order chi connectivity index (χ0) is 13.0. The number of ether oxygens (including phenoxy) is 1. The van der Waals surface area contributed by atoms with Gasteiger partial charge in [0, 0.05) is 4.47 Å². The first-order valence-electron chi connectivity index (χ1n) is 4.69. The number of Topliss-reactive ketones (excluding diaryl/α,β-unsaturated/α-hetero) is 1. The number of rotatable bonds is 5. The molecule has 0 spiro atoms. The van der Waals surface area contributed by atoms with Crippen LogP contribution in [0.1, 0.15) is 16.8 Å². The second-order valence-electron chi connectivity index (χ2n) is 3.27. The van der Waals surface area contributed by atoms with E-state index < -0.39 is 10.8 Å². The Bertz CT molecular complexity index is 445. The third-order valence-corrected chi connectivity index (χ3v) is 3.30. The average Bonchev–Trinajstić information content (AvgIpc) is 2.27. The first-order valence-corrected chi connectivity index (χ1v) is 6.40. The number of carboxylic acid groups (broad SMARTS) is 1. The van der Waals surface area contributed by atoms with Gasteiger partial charge in [-0.05, 0) is 18.2 Å². The molecule has 0 aliphatic rings. The third-order valence-electron chi connectivity index (χ3n) is 2.07. The van der Waals surface area contributed by atoms with Crippen LogP contribution in [-0.2, 0) is 4.79 Å². The first-order chi connectivity index (χ1) is 7.95. The Kier molecular flexibility index (Phi) is 5.14. The predicted molar refractivity (Wildman–Crippen MR) is 70.0 cm³/mol. The second kappa shape index (κ2) is 6.16. The summed E-state index contributed by atoms with van der Waals surface area (Å²) >= 11 is 6.32. The van der Waals surface area contributed by atoms with Gasteiger partial charge in [0.15, 0.2) is 5.78 Å². The highest BCUT2D eigenvalue weighted by molar-refractivity contribution is 9.10. The Morgan fingerprint density at radius 1 is 1.47 bits per heavy atom. The van der Waals surface area contributed by atoms with E-state index in [0.717, 1.165) is 4.47 Å². The van der Waals surface area contributed by atoms with Crippen molar-refractivity contribution in [1.82, 2.24) is 0 Å². The molecule has 0 fully saturated rings. The zero-order valence-corrected chi connectivity index (χ0v) is 12.1. The molecular weight excluding hydrogens is 356 g/mol. The van der Waals surface area contributed by atoms with E-state index in [1.165, 1.54) is 7.11 Å². The summed E-state index contributed by atoms with van der Waals surface area (Å²) < 4.78 is 5.80. The number of carbonyl (C=O) groups excluding carboxylic acids is 1. The molecule has 1 rings (SSSR count). The predicted octanol–water partition coefficient (Wildman–Crippen LogP) is 2.88. The fourth-order valence-corrected chi connectivity index (χ4v) is 2.17. The molecule has 0 aliphatic heterocycles. The van der Waals surface area contributed by atoms with Crippen LogP contribution in [0, 0.1) is 0 Å². The maximum atomic E-state index is 12.0. The summed E-state index contributed by atoms with van der Waals surface area (Å²) in [6, 6.07) is 5.01. The van der Waals surface area contributed by atoms with Crippen molar-refractivity contribution in [3.63, 3.8) is 0 Å². The summed E-state index contributed by atoms with van der Waals surface area (Å²) in [6.45, 7) is 0. The number of ketones is 1. The molecule has 4 nitrogen and oxygen atoms in total. The molecule has 0 saturated heterocycles. The number of hydrogen-bond acceptors (Lipinski definition) is 3. The van der Waals surface area contributed by atoms with Crippen LogP contribution in [0.5, 0.6) is 5.75 Å². The molecule has 92 valence electrons. The highest BCUT2D eigenvalue weighted by Crippen LogP contribution is 2.26. The highest BCUT2D eigenvalue weighted by Gasteiger charge is 2.23. The molecule has 1 unspecified atom stereocenters. The van der Waals surface area contributed by atoms with Gasteiger partial charge in [0.25, 0.3) is 0 Å². The smallest absolute Gasteiger partial charge is 0.304 e. The van der Waals surface area contributed by atoms with Gasteiger partial charge in [-0.2, -0.15) is 0 Å². The number of alkyl halides is 1. The van der Waals surface area contributed by atoms with Crippen LogP contribution in [0.15, 0.2) is 22.7 Å². The minimum atomic E-state index is -1.03. The molecule has 6 heteroatoms. The number of methoxy groups -OCH3 is 1. The van der Waals surface area contributed by atoms with Gasteiger partial charge in [0.05, 0.1) is 23.9 Å². The van der Waals surface area contributed by atoms with Crippen molar-refractivity contribution in [2.75, 3.05) is 7.11 Å². The third kappa shape index (κ3) is 3.81. The molecule has 0 amide bonds. The van der Waals surface area contributed by atoms with Gasteiger partial charge in [-0.1, -0.05) is 31.9 Å². The van der Waals surface area contributed by atoms with Gasteiger partial charge in [0.2, 0.25) is 0 Å². The van der Waals surface area contributed by atoms with E-state index >= 15 is 0 Å². The average molecular weight is 366 g/mol. The zero-order valence-electron chi connectivity index (χ0n) is 8.94. The molecule has 1 atom stereocenters. The van der Waals surface area contributed by atoms with E-state index in [9.17, 15) is 9.59 Å². The Labute approximate surface area is 115 Å². The number of halogens is 2. The van der Waals surface area contributed by atoms with E-state index in [4.69, 9.17) is 9.84 Å². The van der Waals surface area contributed by atoms with E-state index in [1.807, 2.05) is 0 Å². The number of carboxylic acids is 1. The molecule has 0 saturated carbocycles. The van der Waals surface area contributed by atoms with Crippen LogP contribution in [0.3, 0.4) is 0 Å². The molecule has 0 heterocycles. The maximum Gasteiger partial charge on any atom is 0.304 e. The number of hydrogen-bond donors (Lipinski definition) is 1. The largest absolute Gasteiger partial charge is 0.496 e. The Morgan fingerprint density at radius 2 is 2.12 bits per heavy atom. The quantitative estimate of drug-likeness (QED) is 0.643. The van der Waals surface area contributed by atoms with Crippen LogP contribution >= 0.6 is 31.9 Å². The van der Waals surface area contributed by atoms with Crippen LogP contribution < -0.4 is 4.74 Å². The normalized spacial score (nSPS) is 11.9. The molecule has 1 aromatic carbocycles. The number of aliphatic carboxylic acids is 1. The van der Waals surface area contributed by atoms with Gasteiger partial charge in [-0.15, -0.1) is 0 Å². The number of benzene rings is 1. The lowest BCUT2D eigenvalue weighted by Crippen LogP contribution is -2.18. The fraction of sp³-hybridized carbons (Fsp3) is 0.273. The Morgan fingerprint density at radius 3 is 2.65 bits per heavy atom. The van der Waals surface area contributed by atoms with Crippen molar-refractivity contribution < 1.29 is 19.4 Å². The summed E-state index contributed by atoms with van der Waals surface area (Å²) in [7, 11) is 1.46. The highest BCUT2D eigenvalue weighted by atomic mass is 79.9. The van der Waals surface area contributed by atoms with E-state index in [2.05, 4.69) is 31.9 Å². The Balaban J connectivity index is 3.02. The molecule has 0 aromatic heterocycles. The minimum Gasteiger partial charge on any atom is -0.496 e. The number of carbonyl (C=O) groups is 2. The fourth-order valence-electron chi connectivity index (χ4n) is 1.29. The first kappa shape index (κ1) is 14.2. The summed E-state index contributed by atoms with van der Waals surface area (Å²) in [6.07, 6.45) is -0.269.